The molecule has 1 aliphatic heterocycles. The molecule has 14 heteroatoms. The van der Waals surface area contributed by atoms with Crippen molar-refractivity contribution in [1.82, 2.24) is 10.7 Å². The Morgan fingerprint density at radius 3 is 2.57 bits per heavy atom. The maximum Gasteiger partial charge on any atom is 0.481 e. The molecule has 4 fully saturated rings. The maximum absolute atomic E-state index is 13.7. The van der Waals surface area contributed by atoms with Crippen molar-refractivity contribution in [1.29, 1.82) is 0 Å². The number of hydrogen-bond acceptors (Lipinski definition) is 9. The molecule has 0 aromatic rings. The molecule has 1 heterocycles. The number of nitro groups is 1. The smallest absolute Gasteiger partial charge is 0.463 e. The van der Waals surface area contributed by atoms with Gasteiger partial charge in [0.1, 0.15) is 0 Å². The van der Waals surface area contributed by atoms with Crippen molar-refractivity contribution in [2.75, 3.05) is 13.2 Å². The first kappa shape index (κ1) is 33.5. The molecule has 0 unspecified atom stereocenters. The van der Waals surface area contributed by atoms with Crippen LogP contribution in [-0.2, 0) is 28.4 Å². The lowest BCUT2D eigenvalue weighted by atomic mass is 9.43. The average molecular weight is 592 g/mol. The zero-order chi connectivity index (χ0) is 31.2. The first-order valence-corrected chi connectivity index (χ1v) is 14.9. The summed E-state index contributed by atoms with van der Waals surface area (Å²) < 4.78 is 17.9. The SMILES string of the molecule is CCOC(=O)/C=C/C(=O)C[C@@H](CCCN=C(N)N[N+](=O)[O-])C(=O)N[C@@H](CC(C)C)B1O[C@@H]2C[C@H]3C[C@H](C3(C)C)[C@]2(C)O1. The molecule has 1 amide bonds. The molecule has 0 spiro atoms. The topological polar surface area (TPSA) is 184 Å². The zero-order valence-corrected chi connectivity index (χ0v) is 25.6. The average Bonchev–Trinajstić information content (AvgIpc) is 3.25. The summed E-state index contributed by atoms with van der Waals surface area (Å²) in [6.07, 6.45) is 5.25. The molecule has 6 atom stereocenters. The number of carbonyl (C=O) groups is 3. The van der Waals surface area contributed by atoms with Crippen molar-refractivity contribution in [2.24, 2.45) is 39.8 Å². The van der Waals surface area contributed by atoms with Gasteiger partial charge in [-0.1, -0.05) is 33.1 Å². The fourth-order valence-electron chi connectivity index (χ4n) is 6.77. The largest absolute Gasteiger partial charge is 0.481 e. The van der Waals surface area contributed by atoms with Crippen LogP contribution in [-0.4, -0.2) is 66.6 Å². The Balaban J connectivity index is 1.71. The summed E-state index contributed by atoms with van der Waals surface area (Å²) in [5.74, 6) is -1.69. The summed E-state index contributed by atoms with van der Waals surface area (Å²) in [4.78, 5) is 52.5. The van der Waals surface area contributed by atoms with Gasteiger partial charge in [-0.2, -0.15) is 0 Å². The van der Waals surface area contributed by atoms with Crippen LogP contribution < -0.4 is 16.5 Å². The number of allylic oxidation sites excluding steroid dienone is 1. The summed E-state index contributed by atoms with van der Waals surface area (Å²) in [5.41, 5.74) is 7.01. The Bertz CT molecular complexity index is 1080. The van der Waals surface area contributed by atoms with Crippen LogP contribution >= 0.6 is 0 Å². The van der Waals surface area contributed by atoms with Crippen molar-refractivity contribution in [3.05, 3.63) is 22.3 Å². The molecule has 3 aliphatic carbocycles. The number of amides is 1. The minimum Gasteiger partial charge on any atom is -0.463 e. The zero-order valence-electron chi connectivity index (χ0n) is 25.6. The van der Waals surface area contributed by atoms with E-state index in [4.69, 9.17) is 19.8 Å². The molecule has 234 valence electrons. The number of nitrogens with two attached hydrogens (primary N) is 1. The number of ketones is 1. The molecule has 2 bridgehead atoms. The van der Waals surface area contributed by atoms with E-state index in [2.05, 4.69) is 44.9 Å². The first-order chi connectivity index (χ1) is 19.7. The number of ether oxygens (including phenoxy) is 1. The predicted molar refractivity (Wildman–Crippen MR) is 156 cm³/mol. The molecule has 13 nitrogen and oxygen atoms in total. The third-order valence-electron chi connectivity index (χ3n) is 9.06. The number of aliphatic imine (C=N–C) groups is 1. The number of rotatable bonds is 15. The number of carbonyl (C=O) groups excluding carboxylic acids is 3. The Morgan fingerprint density at radius 1 is 1.24 bits per heavy atom. The van der Waals surface area contributed by atoms with Crippen LogP contribution in [0.5, 0.6) is 0 Å². The standard InChI is InChI=1S/C28H46BN5O8/c1-7-40-24(36)11-10-20(35)14-18(9-8-12-31-26(30)33-34(38)39)25(37)32-23(13-17(2)3)29-41-22-16-19-15-21(27(19,4)5)28(22,6)42-29/h10-11,17-19,21-23H,7-9,12-16H2,1-6H3,(H,32,37)(H3,30,31,33)/b11-10+/t18-,19-,21-,22-,23+,28+/m1/s1. The van der Waals surface area contributed by atoms with Gasteiger partial charge in [0.15, 0.2) is 10.8 Å². The monoisotopic (exact) mass is 591 g/mol. The molecule has 4 N–H and O–H groups in total. The van der Waals surface area contributed by atoms with Crippen LogP contribution in [0.1, 0.15) is 80.1 Å². The molecule has 1 saturated heterocycles. The minimum absolute atomic E-state index is 0.0349. The van der Waals surface area contributed by atoms with Gasteiger partial charge in [-0.15, -0.1) is 0 Å². The van der Waals surface area contributed by atoms with Crippen molar-refractivity contribution in [3.63, 3.8) is 0 Å². The van der Waals surface area contributed by atoms with E-state index in [1.807, 2.05) is 0 Å². The van der Waals surface area contributed by atoms with Crippen LogP contribution in [0.3, 0.4) is 0 Å². The van der Waals surface area contributed by atoms with Crippen LogP contribution in [0.15, 0.2) is 17.1 Å². The molecule has 3 saturated carbocycles. The van der Waals surface area contributed by atoms with E-state index < -0.39 is 41.4 Å². The van der Waals surface area contributed by atoms with Crippen molar-refractivity contribution >= 4 is 30.7 Å². The van der Waals surface area contributed by atoms with Gasteiger partial charge < -0.3 is 25.1 Å². The summed E-state index contributed by atoms with van der Waals surface area (Å²) in [5, 5.41) is 12.8. The third kappa shape index (κ3) is 8.09. The molecule has 4 rings (SSSR count). The number of nitrogens with zero attached hydrogens (tertiary/aromatic N) is 2. The Morgan fingerprint density at radius 2 is 1.95 bits per heavy atom. The van der Waals surface area contributed by atoms with Crippen molar-refractivity contribution in [3.8, 4) is 0 Å². The fourth-order valence-corrected chi connectivity index (χ4v) is 6.77. The van der Waals surface area contributed by atoms with Crippen molar-refractivity contribution in [2.45, 2.75) is 97.7 Å². The second-order valence-electron chi connectivity index (χ2n) is 12.8. The quantitative estimate of drug-likeness (QED) is 0.0373. The summed E-state index contributed by atoms with van der Waals surface area (Å²) in [6.45, 7) is 12.8. The Labute approximate surface area is 248 Å². The van der Waals surface area contributed by atoms with E-state index in [1.54, 1.807) is 12.3 Å². The second kappa shape index (κ2) is 14.0. The van der Waals surface area contributed by atoms with E-state index in [0.29, 0.717) is 24.7 Å². The summed E-state index contributed by atoms with van der Waals surface area (Å²) in [6, 6.07) is 0. The molecular weight excluding hydrogens is 545 g/mol. The van der Waals surface area contributed by atoms with Gasteiger partial charge in [-0.05, 0) is 75.2 Å². The van der Waals surface area contributed by atoms with E-state index in [1.165, 1.54) is 0 Å². The maximum atomic E-state index is 13.7. The highest BCUT2D eigenvalue weighted by atomic mass is 16.7. The fraction of sp³-hybridized carbons (Fsp3) is 0.786. The highest BCUT2D eigenvalue weighted by Gasteiger charge is 2.68. The normalized spacial score (nSPS) is 27.6. The van der Waals surface area contributed by atoms with Gasteiger partial charge in [0, 0.05) is 25.0 Å². The second-order valence-corrected chi connectivity index (χ2v) is 12.8. The van der Waals surface area contributed by atoms with Gasteiger partial charge in [0.25, 0.3) is 5.96 Å². The van der Waals surface area contributed by atoms with E-state index in [-0.39, 0.29) is 55.3 Å². The van der Waals surface area contributed by atoms with E-state index in [0.717, 1.165) is 25.0 Å². The molecule has 0 radical (unpaired) electrons. The van der Waals surface area contributed by atoms with Gasteiger partial charge in [0.05, 0.1) is 24.3 Å². The number of guanidine groups is 1. The lowest BCUT2D eigenvalue weighted by Crippen LogP contribution is -2.65. The van der Waals surface area contributed by atoms with Crippen LogP contribution in [0, 0.1) is 39.2 Å². The number of esters is 1. The minimum atomic E-state index is -0.813. The van der Waals surface area contributed by atoms with Crippen LogP contribution in [0.2, 0.25) is 0 Å². The lowest BCUT2D eigenvalue weighted by Gasteiger charge is -2.64. The van der Waals surface area contributed by atoms with Gasteiger partial charge >= 0.3 is 13.1 Å². The molecule has 4 aliphatic rings. The van der Waals surface area contributed by atoms with E-state index >= 15 is 0 Å². The number of hydrazine groups is 1. The summed E-state index contributed by atoms with van der Waals surface area (Å²) in [7, 11) is -0.612. The van der Waals surface area contributed by atoms with Gasteiger partial charge in [-0.25, -0.2) is 19.9 Å². The van der Waals surface area contributed by atoms with Gasteiger partial charge in [-0.3, -0.25) is 9.59 Å². The predicted octanol–water partition coefficient (Wildman–Crippen LogP) is 2.36. The Kier molecular flexibility index (Phi) is 11.2. The third-order valence-corrected chi connectivity index (χ3v) is 9.06. The highest BCUT2D eigenvalue weighted by molar-refractivity contribution is 6.47. The highest BCUT2D eigenvalue weighted by Crippen LogP contribution is 2.65. The lowest BCUT2D eigenvalue weighted by molar-refractivity contribution is -0.525. The van der Waals surface area contributed by atoms with Crippen molar-refractivity contribution < 1.29 is 33.5 Å². The number of hydrogen-bond donors (Lipinski definition) is 3. The number of nitrogens with one attached hydrogen (secondary N) is 2. The Hall–Kier alpha value is -3.00. The molecule has 42 heavy (non-hydrogen) atoms. The molecule has 0 aromatic heterocycles. The first-order valence-electron chi connectivity index (χ1n) is 14.9. The molecular formula is C28H46BN5O8. The van der Waals surface area contributed by atoms with Crippen LogP contribution in [0.4, 0.5) is 0 Å². The van der Waals surface area contributed by atoms with Crippen LogP contribution in [0.25, 0.3) is 0 Å². The van der Waals surface area contributed by atoms with Gasteiger partial charge in [0.2, 0.25) is 5.91 Å². The summed E-state index contributed by atoms with van der Waals surface area (Å²) >= 11 is 0. The van der Waals surface area contributed by atoms with E-state index in [9.17, 15) is 24.5 Å². The molecule has 0 aromatic carbocycles.